The van der Waals surface area contributed by atoms with E-state index in [9.17, 15) is 17.2 Å². The van der Waals surface area contributed by atoms with Crippen molar-refractivity contribution in [2.45, 2.75) is 0 Å². The Kier molecular flexibility index (Phi) is 5.73. The van der Waals surface area contributed by atoms with Gasteiger partial charge in [0.25, 0.3) is 0 Å². The molecule has 1 fully saturated rings. The third kappa shape index (κ3) is 4.58. The van der Waals surface area contributed by atoms with E-state index in [0.29, 0.717) is 24.5 Å². The maximum absolute atomic E-state index is 14.3. The first-order valence-corrected chi connectivity index (χ1v) is 11.3. The molecule has 0 atom stereocenters. The molecule has 0 spiro atoms. The van der Waals surface area contributed by atoms with Gasteiger partial charge >= 0.3 is 0 Å². The van der Waals surface area contributed by atoms with Crippen LogP contribution >= 0.6 is 0 Å². The zero-order valence-electron chi connectivity index (χ0n) is 16.6. The van der Waals surface area contributed by atoms with E-state index in [-0.39, 0.29) is 23.1 Å². The Morgan fingerprint density at radius 2 is 1.71 bits per heavy atom. The second-order valence-corrected chi connectivity index (χ2v) is 9.20. The molecular formula is C21H19F2N3O4S. The molecule has 1 aliphatic heterocycles. The van der Waals surface area contributed by atoms with Crippen molar-refractivity contribution >= 4 is 15.5 Å². The monoisotopic (exact) mass is 447 g/mol. The van der Waals surface area contributed by atoms with Gasteiger partial charge in [0, 0.05) is 36.6 Å². The number of sulfone groups is 1. The Labute approximate surface area is 178 Å². The van der Waals surface area contributed by atoms with E-state index in [1.165, 1.54) is 19.4 Å². The minimum Gasteiger partial charge on any atom is -0.491 e. The lowest BCUT2D eigenvalue weighted by molar-refractivity contribution is 0.343. The van der Waals surface area contributed by atoms with Gasteiger partial charge in [0.15, 0.2) is 33.0 Å². The van der Waals surface area contributed by atoms with Crippen LogP contribution in [0.4, 0.5) is 14.5 Å². The van der Waals surface area contributed by atoms with Crippen molar-refractivity contribution in [3.05, 3.63) is 60.3 Å². The Balaban J connectivity index is 1.52. The summed E-state index contributed by atoms with van der Waals surface area (Å²) in [7, 11) is -1.78. The summed E-state index contributed by atoms with van der Waals surface area (Å²) < 4.78 is 61.3. The van der Waals surface area contributed by atoms with Crippen LogP contribution in [0, 0.1) is 11.6 Å². The van der Waals surface area contributed by atoms with E-state index in [1.54, 1.807) is 0 Å². The number of anilines is 1. The maximum Gasteiger partial charge on any atom is 0.222 e. The molecule has 31 heavy (non-hydrogen) atoms. The summed E-state index contributed by atoms with van der Waals surface area (Å²) in [5.74, 6) is -1.82. The van der Waals surface area contributed by atoms with Gasteiger partial charge in [-0.3, -0.25) is 0 Å². The van der Waals surface area contributed by atoms with Gasteiger partial charge in [-0.25, -0.2) is 17.8 Å². The molecule has 10 heteroatoms. The highest BCUT2D eigenvalue weighted by Crippen LogP contribution is 2.32. The van der Waals surface area contributed by atoms with E-state index >= 15 is 0 Å². The number of ether oxygens (including phenoxy) is 2. The molecule has 0 aliphatic carbocycles. The van der Waals surface area contributed by atoms with Crippen molar-refractivity contribution in [2.75, 3.05) is 36.6 Å². The summed E-state index contributed by atoms with van der Waals surface area (Å²) in [5, 5.41) is 0. The standard InChI is InChI=1S/C21H19F2N3O4S/c1-29-20-16(22)6-7-17(19(20)23)30-18-8-9-24-21(25-18)14-2-4-15(5-3-14)26-10-12-31(27,28)13-11-26/h2-9H,10-13H2,1H3. The molecule has 0 amide bonds. The van der Waals surface area contributed by atoms with Crippen LogP contribution in [-0.4, -0.2) is 50.1 Å². The average molecular weight is 447 g/mol. The van der Waals surface area contributed by atoms with Crippen LogP contribution in [0.2, 0.25) is 0 Å². The molecule has 0 N–H and O–H groups in total. The summed E-state index contributed by atoms with van der Waals surface area (Å²) in [6.07, 6.45) is 1.47. The largest absolute Gasteiger partial charge is 0.491 e. The highest BCUT2D eigenvalue weighted by atomic mass is 32.2. The lowest BCUT2D eigenvalue weighted by atomic mass is 10.2. The number of benzene rings is 2. The SMILES string of the molecule is COc1c(F)ccc(Oc2ccnc(-c3ccc(N4CCS(=O)(=O)CC4)cc3)n2)c1F. The van der Waals surface area contributed by atoms with Gasteiger partial charge in [0.1, 0.15) is 0 Å². The third-order valence-electron chi connectivity index (χ3n) is 4.90. The number of hydrogen-bond acceptors (Lipinski definition) is 7. The van der Waals surface area contributed by atoms with Crippen molar-refractivity contribution in [1.29, 1.82) is 0 Å². The van der Waals surface area contributed by atoms with Gasteiger partial charge < -0.3 is 14.4 Å². The van der Waals surface area contributed by atoms with E-state index in [1.807, 2.05) is 29.2 Å². The highest BCUT2D eigenvalue weighted by Gasteiger charge is 2.22. The zero-order valence-corrected chi connectivity index (χ0v) is 17.4. The highest BCUT2D eigenvalue weighted by molar-refractivity contribution is 7.91. The number of rotatable bonds is 5. The molecule has 1 saturated heterocycles. The van der Waals surface area contributed by atoms with E-state index < -0.39 is 27.2 Å². The van der Waals surface area contributed by atoms with Crippen LogP contribution in [0.1, 0.15) is 0 Å². The van der Waals surface area contributed by atoms with Gasteiger partial charge in [-0.05, 0) is 36.4 Å². The first kappa shape index (κ1) is 21.0. The molecule has 162 valence electrons. The zero-order chi connectivity index (χ0) is 22.0. The molecule has 0 radical (unpaired) electrons. The Morgan fingerprint density at radius 3 is 2.39 bits per heavy atom. The van der Waals surface area contributed by atoms with Crippen molar-refractivity contribution < 1.29 is 26.7 Å². The summed E-state index contributed by atoms with van der Waals surface area (Å²) in [4.78, 5) is 10.5. The van der Waals surface area contributed by atoms with Crippen LogP contribution in [0.5, 0.6) is 17.4 Å². The van der Waals surface area contributed by atoms with Crippen molar-refractivity contribution in [2.24, 2.45) is 0 Å². The van der Waals surface area contributed by atoms with Crippen LogP contribution in [0.15, 0.2) is 48.7 Å². The number of halogens is 2. The summed E-state index contributed by atoms with van der Waals surface area (Å²) in [5.41, 5.74) is 1.61. The lowest BCUT2D eigenvalue weighted by Crippen LogP contribution is -2.40. The first-order chi connectivity index (χ1) is 14.9. The van der Waals surface area contributed by atoms with Gasteiger partial charge in [-0.15, -0.1) is 0 Å². The Morgan fingerprint density at radius 1 is 1.00 bits per heavy atom. The quantitative estimate of drug-likeness (QED) is 0.593. The van der Waals surface area contributed by atoms with Gasteiger partial charge in [-0.1, -0.05) is 0 Å². The number of hydrogen-bond donors (Lipinski definition) is 0. The summed E-state index contributed by atoms with van der Waals surface area (Å²) in [6, 6.07) is 11.0. The molecule has 1 aliphatic rings. The fourth-order valence-corrected chi connectivity index (χ4v) is 4.42. The molecule has 0 unspecified atom stereocenters. The lowest BCUT2D eigenvalue weighted by Gasteiger charge is -2.28. The van der Waals surface area contributed by atoms with E-state index in [4.69, 9.17) is 9.47 Å². The predicted molar refractivity (Wildman–Crippen MR) is 111 cm³/mol. The fourth-order valence-electron chi connectivity index (χ4n) is 3.22. The molecular weight excluding hydrogens is 428 g/mol. The topological polar surface area (TPSA) is 81.6 Å². The first-order valence-electron chi connectivity index (χ1n) is 9.45. The normalized spacial score (nSPS) is 15.5. The predicted octanol–water partition coefficient (Wildman–Crippen LogP) is 3.46. The Hall–Kier alpha value is -3.27. The molecule has 2 heterocycles. The molecule has 7 nitrogen and oxygen atoms in total. The van der Waals surface area contributed by atoms with Crippen molar-refractivity contribution in [3.63, 3.8) is 0 Å². The van der Waals surface area contributed by atoms with Gasteiger partial charge in [0.05, 0.1) is 18.6 Å². The van der Waals surface area contributed by atoms with Gasteiger partial charge in [-0.2, -0.15) is 9.37 Å². The minimum absolute atomic E-state index is 0.0860. The summed E-state index contributed by atoms with van der Waals surface area (Å²) >= 11 is 0. The smallest absolute Gasteiger partial charge is 0.222 e. The van der Waals surface area contributed by atoms with Crippen LogP contribution in [0.3, 0.4) is 0 Å². The molecule has 2 aromatic carbocycles. The van der Waals surface area contributed by atoms with Crippen LogP contribution in [-0.2, 0) is 9.84 Å². The van der Waals surface area contributed by atoms with Crippen LogP contribution in [0.25, 0.3) is 11.4 Å². The molecule has 1 aromatic heterocycles. The van der Waals surface area contributed by atoms with Crippen molar-refractivity contribution in [3.8, 4) is 28.8 Å². The molecule has 0 bridgehead atoms. The minimum atomic E-state index is -2.95. The summed E-state index contributed by atoms with van der Waals surface area (Å²) in [6.45, 7) is 0.905. The number of aromatic nitrogens is 2. The second-order valence-electron chi connectivity index (χ2n) is 6.90. The number of methoxy groups -OCH3 is 1. The third-order valence-corrected chi connectivity index (χ3v) is 6.51. The number of nitrogens with zero attached hydrogens (tertiary/aromatic N) is 3. The fraction of sp³-hybridized carbons (Fsp3) is 0.238. The van der Waals surface area contributed by atoms with E-state index in [2.05, 4.69) is 9.97 Å². The van der Waals surface area contributed by atoms with Crippen molar-refractivity contribution in [1.82, 2.24) is 9.97 Å². The average Bonchev–Trinajstić information content (AvgIpc) is 2.77. The maximum atomic E-state index is 14.3. The molecule has 0 saturated carbocycles. The Bertz CT molecular complexity index is 1190. The molecule has 3 aromatic rings. The van der Waals surface area contributed by atoms with Gasteiger partial charge in [0.2, 0.25) is 11.7 Å². The second kappa shape index (κ2) is 8.46. The van der Waals surface area contributed by atoms with Crippen LogP contribution < -0.4 is 14.4 Å². The molecule has 4 rings (SSSR count). The van der Waals surface area contributed by atoms with E-state index in [0.717, 1.165) is 17.8 Å².